The van der Waals surface area contributed by atoms with Crippen molar-refractivity contribution in [2.75, 3.05) is 11.3 Å². The van der Waals surface area contributed by atoms with E-state index in [1.807, 2.05) is 10.8 Å². The van der Waals surface area contributed by atoms with Crippen LogP contribution in [0.25, 0.3) is 0 Å². The molecule has 0 radical (unpaired) electrons. The molecule has 1 aromatic rings. The molecule has 2 rings (SSSR count). The van der Waals surface area contributed by atoms with Gasteiger partial charge in [-0.05, 0) is 39.2 Å². The van der Waals surface area contributed by atoms with Gasteiger partial charge >= 0.3 is 0 Å². The Kier molecular flexibility index (Phi) is 4.40. The molecule has 1 aliphatic rings. The lowest BCUT2D eigenvalue weighted by atomic mass is 10.1. The second kappa shape index (κ2) is 5.25. The summed E-state index contributed by atoms with van der Waals surface area (Å²) >= 11 is 12.5. The van der Waals surface area contributed by atoms with Gasteiger partial charge in [0.05, 0.1) is 10.0 Å². The van der Waals surface area contributed by atoms with Crippen LogP contribution in [-0.4, -0.2) is 25.3 Å². The minimum atomic E-state index is -3.68. The molecule has 0 aliphatic carbocycles. The Balaban J connectivity index is 2.47. The minimum Gasteiger partial charge on any atom is -0.207 e. The zero-order valence-corrected chi connectivity index (χ0v) is 15.6. The largest absolute Gasteiger partial charge is 0.242 e. The van der Waals surface area contributed by atoms with E-state index in [2.05, 4.69) is 11.0 Å². The quantitative estimate of drug-likeness (QED) is 0.627. The summed E-state index contributed by atoms with van der Waals surface area (Å²) in [7, 11) is -2.75. The van der Waals surface area contributed by atoms with Gasteiger partial charge in [0.15, 0.2) is 0 Å². The molecule has 1 unspecified atom stereocenters. The first kappa shape index (κ1) is 16.8. The zero-order chi connectivity index (χ0) is 15.3. The van der Waals surface area contributed by atoms with Crippen molar-refractivity contribution in [2.45, 2.75) is 36.1 Å². The van der Waals surface area contributed by atoms with Crippen LogP contribution in [0.2, 0.25) is 10.0 Å². The summed E-state index contributed by atoms with van der Waals surface area (Å²) in [4.78, 5) is 1.01. The highest BCUT2D eigenvalue weighted by atomic mass is 35.5. The highest BCUT2D eigenvalue weighted by Gasteiger charge is 2.38. The van der Waals surface area contributed by atoms with Gasteiger partial charge in [-0.2, -0.15) is 9.06 Å². The summed E-state index contributed by atoms with van der Waals surface area (Å²) in [5.41, 5.74) is -0.573. The van der Waals surface area contributed by atoms with E-state index in [-0.39, 0.29) is 9.92 Å². The Bertz CT molecular complexity index is 649. The lowest BCUT2D eigenvalue weighted by Gasteiger charge is -2.22. The summed E-state index contributed by atoms with van der Waals surface area (Å²) in [5, 5.41) is 1.53. The molecule has 114 valence electrons. The van der Waals surface area contributed by atoms with Crippen molar-refractivity contribution in [3.8, 4) is 0 Å². The minimum absolute atomic E-state index is 0.0384. The van der Waals surface area contributed by atoms with Crippen LogP contribution in [0, 0.1) is 0 Å². The van der Waals surface area contributed by atoms with Gasteiger partial charge < -0.3 is 0 Å². The van der Waals surface area contributed by atoms with Gasteiger partial charge in [0.1, 0.15) is 4.90 Å². The maximum absolute atomic E-state index is 12.3. The number of hydrogen-bond donors (Lipinski definition) is 1. The van der Waals surface area contributed by atoms with E-state index in [0.717, 1.165) is 9.98 Å². The molecule has 0 bridgehead atoms. The maximum Gasteiger partial charge on any atom is 0.242 e. The number of hydrogen-bond acceptors (Lipinski definition) is 3. The van der Waals surface area contributed by atoms with E-state index in [9.17, 15) is 8.42 Å². The van der Waals surface area contributed by atoms with Gasteiger partial charge in [0, 0.05) is 15.5 Å². The van der Waals surface area contributed by atoms with E-state index < -0.39 is 24.6 Å². The van der Waals surface area contributed by atoms with E-state index in [1.54, 1.807) is 32.9 Å². The van der Waals surface area contributed by atoms with Crippen LogP contribution in [0.1, 0.15) is 20.8 Å². The number of benzene rings is 1. The molecule has 20 heavy (non-hydrogen) atoms. The van der Waals surface area contributed by atoms with Crippen LogP contribution >= 0.6 is 43.1 Å². The lowest BCUT2D eigenvalue weighted by molar-refractivity contribution is 0.491. The number of nitrogens with one attached hydrogen (secondary N) is 1. The van der Waals surface area contributed by atoms with Crippen LogP contribution in [0.15, 0.2) is 21.9 Å². The Morgan fingerprint density at radius 3 is 2.25 bits per heavy atom. The summed E-state index contributed by atoms with van der Waals surface area (Å²) in [5.74, 6) is 0. The van der Waals surface area contributed by atoms with Gasteiger partial charge in [-0.3, -0.25) is 0 Å². The van der Waals surface area contributed by atoms with Crippen molar-refractivity contribution in [2.24, 2.45) is 0 Å². The molecule has 0 saturated carbocycles. The molecule has 1 saturated heterocycles. The third-order valence-corrected chi connectivity index (χ3v) is 11.2. The van der Waals surface area contributed by atoms with Crippen LogP contribution in [-0.2, 0) is 10.0 Å². The highest BCUT2D eigenvalue weighted by molar-refractivity contribution is 9.08. The van der Waals surface area contributed by atoms with Crippen molar-refractivity contribution in [3.05, 3.63) is 22.2 Å². The zero-order valence-electron chi connectivity index (χ0n) is 11.7. The highest BCUT2D eigenvalue weighted by Crippen LogP contribution is 2.81. The Hall–Kier alpha value is 0.410. The Morgan fingerprint density at radius 1 is 1.25 bits per heavy atom. The Morgan fingerprint density at radius 2 is 1.80 bits per heavy atom. The molecule has 0 amide bonds. The summed E-state index contributed by atoms with van der Waals surface area (Å²) < 4.78 is 27.3. The molecule has 1 aromatic carbocycles. The molecule has 8 heteroatoms. The average Bonchev–Trinajstić information content (AvgIpc) is 2.97. The van der Waals surface area contributed by atoms with Gasteiger partial charge in [-0.25, -0.2) is 13.1 Å². The van der Waals surface area contributed by atoms with Gasteiger partial charge in [-0.15, -0.1) is 0 Å². The summed E-state index contributed by atoms with van der Waals surface area (Å²) in [6.45, 7) is 5.33. The van der Waals surface area contributed by atoms with E-state index >= 15 is 0 Å². The molecule has 0 spiro atoms. The third-order valence-electron chi connectivity index (χ3n) is 2.68. The molecule has 0 aromatic heterocycles. The van der Waals surface area contributed by atoms with Crippen molar-refractivity contribution >= 4 is 53.1 Å². The van der Waals surface area contributed by atoms with E-state index in [1.165, 1.54) is 0 Å². The number of halogens is 2. The molecule has 1 atom stereocenters. The van der Waals surface area contributed by atoms with Gasteiger partial charge in [-0.1, -0.05) is 34.0 Å². The SMILES string of the molecule is CC(C)(C)NS(=O)(=O)c1ccc(S2(C)CS2)c(Cl)c1Cl. The summed E-state index contributed by atoms with van der Waals surface area (Å²) in [6, 6.07) is 3.34. The lowest BCUT2D eigenvalue weighted by Crippen LogP contribution is -2.40. The maximum atomic E-state index is 12.3. The van der Waals surface area contributed by atoms with Gasteiger partial charge in [0.2, 0.25) is 10.0 Å². The molecule has 1 N–H and O–H groups in total. The van der Waals surface area contributed by atoms with Crippen LogP contribution in [0.3, 0.4) is 0 Å². The topological polar surface area (TPSA) is 46.2 Å². The molecule has 1 aliphatic heterocycles. The number of rotatable bonds is 3. The monoisotopic (exact) mass is 373 g/mol. The third kappa shape index (κ3) is 3.42. The van der Waals surface area contributed by atoms with Crippen molar-refractivity contribution in [3.63, 3.8) is 0 Å². The fourth-order valence-electron chi connectivity index (χ4n) is 1.71. The van der Waals surface area contributed by atoms with E-state index in [4.69, 9.17) is 23.2 Å². The van der Waals surface area contributed by atoms with E-state index in [0.29, 0.717) is 5.02 Å². The molecule has 3 nitrogen and oxygen atoms in total. The smallest absolute Gasteiger partial charge is 0.207 e. The average molecular weight is 374 g/mol. The standard InChI is InChI=1S/C12H17Cl2NO2S3/c1-12(2,3)15-20(16,17)9-6-5-8(10(13)11(9)14)19(4)7-18-19/h5-6,15H,7H2,1-4H3. The van der Waals surface area contributed by atoms with Crippen LogP contribution in [0.5, 0.6) is 0 Å². The fraction of sp³-hybridized carbons (Fsp3) is 0.500. The summed E-state index contributed by atoms with van der Waals surface area (Å²) in [6.07, 6.45) is 2.15. The van der Waals surface area contributed by atoms with Crippen molar-refractivity contribution in [1.82, 2.24) is 4.72 Å². The Labute approximate surface area is 135 Å². The second-order valence-electron chi connectivity index (χ2n) is 5.79. The molecule has 1 fully saturated rings. The molecular weight excluding hydrogens is 357 g/mol. The molecule has 1 heterocycles. The van der Waals surface area contributed by atoms with Crippen molar-refractivity contribution in [1.29, 1.82) is 0 Å². The van der Waals surface area contributed by atoms with Crippen LogP contribution < -0.4 is 4.72 Å². The first-order chi connectivity index (χ1) is 8.96. The predicted octanol–water partition coefficient (Wildman–Crippen LogP) is 4.48. The second-order valence-corrected chi connectivity index (χ2v) is 14.7. The predicted molar refractivity (Wildman–Crippen MR) is 90.8 cm³/mol. The first-order valence-electron chi connectivity index (χ1n) is 5.89. The van der Waals surface area contributed by atoms with Gasteiger partial charge in [0.25, 0.3) is 0 Å². The first-order valence-corrected chi connectivity index (χ1v) is 11.8. The fourth-order valence-corrected chi connectivity index (χ4v) is 8.75. The number of sulfonamides is 1. The van der Waals surface area contributed by atoms with Crippen LogP contribution in [0.4, 0.5) is 0 Å². The molecular formula is C12H17Cl2NO2S3. The normalized spacial score (nSPS) is 26.1. The van der Waals surface area contributed by atoms with Crippen molar-refractivity contribution < 1.29 is 8.42 Å².